The van der Waals surface area contributed by atoms with Crippen LogP contribution in [0.25, 0.3) is 11.1 Å². The van der Waals surface area contributed by atoms with Gasteiger partial charge in [-0.3, -0.25) is 9.59 Å². The van der Waals surface area contributed by atoms with Crippen LogP contribution in [0.5, 0.6) is 0 Å². The summed E-state index contributed by atoms with van der Waals surface area (Å²) >= 11 is 0. The molecular formula is C37H49N3O6. The minimum absolute atomic E-state index is 0.0928. The number of carboxylic acid groups (broad SMARTS) is 1. The molecule has 9 nitrogen and oxygen atoms in total. The molecule has 46 heavy (non-hydrogen) atoms. The Morgan fingerprint density at radius 1 is 1.04 bits per heavy atom. The predicted molar refractivity (Wildman–Crippen MR) is 177 cm³/mol. The summed E-state index contributed by atoms with van der Waals surface area (Å²) in [5.41, 5.74) is 6.47. The van der Waals surface area contributed by atoms with Gasteiger partial charge < -0.3 is 30.5 Å². The monoisotopic (exact) mass is 631 g/mol. The molecule has 2 aromatic carbocycles. The second-order valence-corrected chi connectivity index (χ2v) is 14.4. The van der Waals surface area contributed by atoms with Crippen LogP contribution in [0.1, 0.15) is 84.1 Å². The normalized spacial score (nSPS) is 25.4. The van der Waals surface area contributed by atoms with Crippen molar-refractivity contribution in [3.63, 3.8) is 0 Å². The Hall–Kier alpha value is -3.69. The molecule has 2 aromatic rings. The summed E-state index contributed by atoms with van der Waals surface area (Å²) in [4.78, 5) is 40.3. The molecule has 0 unspecified atom stereocenters. The molecule has 2 amide bonds. The maximum absolute atomic E-state index is 14.3. The van der Waals surface area contributed by atoms with Crippen molar-refractivity contribution < 1.29 is 29.0 Å². The van der Waals surface area contributed by atoms with Gasteiger partial charge in [-0.15, -0.1) is 0 Å². The van der Waals surface area contributed by atoms with Crippen LogP contribution in [0.2, 0.25) is 0 Å². The second kappa shape index (κ2) is 13.2. The molecule has 5 rings (SSSR count). The van der Waals surface area contributed by atoms with Crippen LogP contribution in [0, 0.1) is 5.92 Å². The zero-order valence-corrected chi connectivity index (χ0v) is 27.6. The summed E-state index contributed by atoms with van der Waals surface area (Å²) in [6, 6.07) is 18.0. The van der Waals surface area contributed by atoms with Crippen LogP contribution in [0.3, 0.4) is 0 Å². The van der Waals surface area contributed by atoms with Crippen molar-refractivity contribution in [2.75, 3.05) is 13.7 Å². The number of carboxylic acids is 1. The maximum atomic E-state index is 14.3. The molecule has 3 fully saturated rings. The zero-order chi connectivity index (χ0) is 33.2. The van der Waals surface area contributed by atoms with E-state index in [1.165, 1.54) is 0 Å². The average molecular weight is 632 g/mol. The van der Waals surface area contributed by atoms with Gasteiger partial charge in [0.25, 0.3) is 0 Å². The Morgan fingerprint density at radius 3 is 2.30 bits per heavy atom. The highest BCUT2D eigenvalue weighted by atomic mass is 16.6. The van der Waals surface area contributed by atoms with Gasteiger partial charge in [-0.25, -0.2) is 4.79 Å². The van der Waals surface area contributed by atoms with E-state index in [1.807, 2.05) is 35.3 Å². The number of alkyl carbamates (subject to hydrolysis) is 1. The SMILES string of the molecule is CO[C@]1(c2ccc(-c3ccccc3)cc2)CN(C(=O)[C@H](CCCCC/C=C\[C@@H]2C[C@]2(N)C(=O)O)NC(=O)OC(C)(C)C)C2(CC2)C1. The molecular weight excluding hydrogens is 582 g/mol. The van der Waals surface area contributed by atoms with E-state index in [-0.39, 0.29) is 17.4 Å². The predicted octanol–water partition coefficient (Wildman–Crippen LogP) is 6.16. The molecule has 4 atom stereocenters. The van der Waals surface area contributed by atoms with Crippen molar-refractivity contribution in [2.24, 2.45) is 11.7 Å². The topological polar surface area (TPSA) is 131 Å². The first-order valence-electron chi connectivity index (χ1n) is 16.5. The number of hydrogen-bond acceptors (Lipinski definition) is 6. The highest BCUT2D eigenvalue weighted by Crippen LogP contribution is 2.57. The van der Waals surface area contributed by atoms with Gasteiger partial charge >= 0.3 is 12.1 Å². The number of benzene rings is 2. The van der Waals surface area contributed by atoms with Crippen LogP contribution < -0.4 is 11.1 Å². The minimum atomic E-state index is -1.11. The fraction of sp³-hybridized carbons (Fsp3) is 0.541. The van der Waals surface area contributed by atoms with Crippen LogP contribution in [-0.2, 0) is 24.7 Å². The third kappa shape index (κ3) is 7.47. The van der Waals surface area contributed by atoms with Crippen molar-refractivity contribution in [1.82, 2.24) is 10.2 Å². The first kappa shape index (κ1) is 33.7. The standard InChI is InChI=1S/C37H49N3O6/c1-34(2,3)46-33(44)39-30(16-12-7-5-6-11-15-29-23-37(29,38)32(42)43)31(41)40-25-36(45-4,24-35(40)21-22-35)28-19-17-27(18-20-28)26-13-9-8-10-14-26/h8-11,13-15,17-20,29-30H,5-7,12,16,21-25,38H2,1-4H3,(H,39,44)(H,42,43)/b15-11-/t29-,30+,36+,37-/m1/s1. The van der Waals surface area contributed by atoms with Crippen LogP contribution in [0.4, 0.5) is 4.79 Å². The molecule has 1 heterocycles. The van der Waals surface area contributed by atoms with E-state index >= 15 is 0 Å². The number of unbranched alkanes of at least 4 members (excludes halogenated alkanes) is 3. The van der Waals surface area contributed by atoms with Crippen LogP contribution >= 0.6 is 0 Å². The van der Waals surface area contributed by atoms with Crippen molar-refractivity contribution in [2.45, 2.75) is 107 Å². The van der Waals surface area contributed by atoms with Gasteiger partial charge in [0.1, 0.15) is 22.8 Å². The lowest BCUT2D eigenvalue weighted by Gasteiger charge is -2.31. The Bertz CT molecular complexity index is 1430. The summed E-state index contributed by atoms with van der Waals surface area (Å²) < 4.78 is 11.8. The molecule has 1 spiro atoms. The maximum Gasteiger partial charge on any atom is 0.408 e. The zero-order valence-electron chi connectivity index (χ0n) is 27.6. The first-order chi connectivity index (χ1) is 21.8. The molecule has 2 aliphatic carbocycles. The van der Waals surface area contributed by atoms with E-state index in [4.69, 9.17) is 15.2 Å². The lowest BCUT2D eigenvalue weighted by Crippen LogP contribution is -2.52. The average Bonchev–Trinajstić information content (AvgIpc) is 3.90. The Labute approximate surface area is 272 Å². The molecule has 0 radical (unpaired) electrons. The molecule has 3 aliphatic rings. The molecule has 9 heteroatoms. The quantitative estimate of drug-likeness (QED) is 0.178. The second-order valence-electron chi connectivity index (χ2n) is 14.4. The van der Waals surface area contributed by atoms with Gasteiger partial charge in [0.05, 0.1) is 6.54 Å². The van der Waals surface area contributed by atoms with Crippen LogP contribution in [-0.4, -0.2) is 64.4 Å². The van der Waals surface area contributed by atoms with Gasteiger partial charge in [-0.2, -0.15) is 0 Å². The number of amides is 2. The summed E-state index contributed by atoms with van der Waals surface area (Å²) in [5.74, 6) is -1.16. The number of rotatable bonds is 13. The Morgan fingerprint density at radius 2 is 1.72 bits per heavy atom. The van der Waals surface area contributed by atoms with Gasteiger partial charge in [-0.05, 0) is 76.0 Å². The number of nitrogens with two attached hydrogens (primary N) is 1. The van der Waals surface area contributed by atoms with Gasteiger partial charge in [0, 0.05) is 25.0 Å². The number of carbonyl (C=O) groups excluding carboxylic acids is 2. The molecule has 4 N–H and O–H groups in total. The van der Waals surface area contributed by atoms with E-state index < -0.39 is 34.8 Å². The fourth-order valence-electron chi connectivity index (χ4n) is 6.79. The minimum Gasteiger partial charge on any atom is -0.480 e. The van der Waals surface area contributed by atoms with Gasteiger partial charge in [0.15, 0.2) is 0 Å². The van der Waals surface area contributed by atoms with E-state index in [0.717, 1.165) is 55.2 Å². The van der Waals surface area contributed by atoms with E-state index in [2.05, 4.69) is 41.7 Å². The van der Waals surface area contributed by atoms with E-state index in [1.54, 1.807) is 27.9 Å². The van der Waals surface area contributed by atoms with Crippen molar-refractivity contribution >= 4 is 18.0 Å². The highest BCUT2D eigenvalue weighted by molar-refractivity contribution is 5.87. The first-order valence-corrected chi connectivity index (χ1v) is 16.5. The van der Waals surface area contributed by atoms with E-state index in [0.29, 0.717) is 25.8 Å². The highest BCUT2D eigenvalue weighted by Gasteiger charge is 2.63. The number of nitrogens with zero attached hydrogens (tertiary/aromatic N) is 1. The molecule has 248 valence electrons. The lowest BCUT2D eigenvalue weighted by molar-refractivity contribution is -0.140. The molecule has 2 saturated carbocycles. The summed E-state index contributed by atoms with van der Waals surface area (Å²) in [6.45, 7) is 5.84. The molecule has 1 saturated heterocycles. The number of ether oxygens (including phenoxy) is 2. The number of nitrogens with one attached hydrogen (secondary N) is 1. The van der Waals surface area contributed by atoms with Gasteiger partial charge in [-0.1, -0.05) is 79.6 Å². The van der Waals surface area contributed by atoms with E-state index in [9.17, 15) is 19.5 Å². The number of allylic oxidation sites excluding steroid dienone is 1. The third-order valence-corrected chi connectivity index (χ3v) is 9.78. The number of aliphatic carboxylic acids is 1. The summed E-state index contributed by atoms with van der Waals surface area (Å²) in [7, 11) is 1.72. The summed E-state index contributed by atoms with van der Waals surface area (Å²) in [5, 5.41) is 12.1. The molecule has 1 aliphatic heterocycles. The number of methoxy groups -OCH3 is 1. The van der Waals surface area contributed by atoms with Crippen LogP contribution in [0.15, 0.2) is 66.7 Å². The number of carbonyl (C=O) groups is 3. The van der Waals surface area contributed by atoms with Crippen molar-refractivity contribution in [1.29, 1.82) is 0 Å². The summed E-state index contributed by atoms with van der Waals surface area (Å²) in [6.07, 6.45) is 10.1. The smallest absolute Gasteiger partial charge is 0.408 e. The fourth-order valence-corrected chi connectivity index (χ4v) is 6.79. The number of hydrogen-bond donors (Lipinski definition) is 3. The molecule has 0 bridgehead atoms. The lowest BCUT2D eigenvalue weighted by atomic mass is 9.89. The number of likely N-dealkylation sites (tertiary alicyclic amines) is 1. The largest absolute Gasteiger partial charge is 0.480 e. The Balaban J connectivity index is 1.24. The van der Waals surface area contributed by atoms with Crippen molar-refractivity contribution in [3.05, 3.63) is 72.3 Å². The molecule has 0 aromatic heterocycles. The van der Waals surface area contributed by atoms with Crippen molar-refractivity contribution in [3.8, 4) is 11.1 Å². The van der Waals surface area contributed by atoms with Gasteiger partial charge in [0.2, 0.25) is 5.91 Å². The Kier molecular flexibility index (Phi) is 9.66. The third-order valence-electron chi connectivity index (χ3n) is 9.78.